The van der Waals surface area contributed by atoms with Crippen LogP contribution in [0, 0.1) is 5.92 Å². The molecule has 0 bridgehead atoms. The van der Waals surface area contributed by atoms with Gasteiger partial charge in [0.15, 0.2) is 0 Å². The molecule has 1 aliphatic rings. The molecule has 1 rings (SSSR count). The second-order valence-electron chi connectivity index (χ2n) is 5.63. The molecule has 1 saturated carbocycles. The normalized spacial score (nSPS) is 17.7. The number of hydrogen-bond acceptors (Lipinski definition) is 3. The first-order chi connectivity index (χ1) is 8.93. The van der Waals surface area contributed by atoms with Gasteiger partial charge in [0.05, 0.1) is 12.1 Å². The van der Waals surface area contributed by atoms with Crippen molar-refractivity contribution in [1.29, 1.82) is 0 Å². The minimum absolute atomic E-state index is 0.0940. The number of rotatable bonds is 8. The molecule has 1 atom stereocenters. The summed E-state index contributed by atoms with van der Waals surface area (Å²) in [5.74, 6) is 0.0804. The largest absolute Gasteiger partial charge is 0.355 e. The fourth-order valence-corrected chi connectivity index (χ4v) is 2.21. The van der Waals surface area contributed by atoms with Crippen LogP contribution in [-0.2, 0) is 9.59 Å². The first-order valence-electron chi connectivity index (χ1n) is 7.28. The van der Waals surface area contributed by atoms with E-state index in [4.69, 9.17) is 5.73 Å². The highest BCUT2D eigenvalue weighted by atomic mass is 16.2. The summed E-state index contributed by atoms with van der Waals surface area (Å²) >= 11 is 0. The van der Waals surface area contributed by atoms with E-state index in [1.807, 2.05) is 13.8 Å². The van der Waals surface area contributed by atoms with Gasteiger partial charge in [-0.05, 0) is 38.5 Å². The van der Waals surface area contributed by atoms with E-state index < -0.39 is 5.54 Å². The van der Waals surface area contributed by atoms with Gasteiger partial charge in [0.2, 0.25) is 11.8 Å². The Balaban J connectivity index is 2.60. The topological polar surface area (TPSA) is 75.4 Å². The minimum Gasteiger partial charge on any atom is -0.355 e. The van der Waals surface area contributed by atoms with E-state index in [-0.39, 0.29) is 24.3 Å². The van der Waals surface area contributed by atoms with Crippen LogP contribution in [0.4, 0.5) is 0 Å². The molecule has 5 heteroatoms. The predicted octanol–water partition coefficient (Wildman–Crippen LogP) is 0.879. The number of carbonyl (C=O) groups is 2. The molecule has 0 aromatic rings. The summed E-state index contributed by atoms with van der Waals surface area (Å²) in [4.78, 5) is 25.8. The minimum atomic E-state index is -0.819. The predicted molar refractivity (Wildman–Crippen MR) is 75.5 cm³/mol. The monoisotopic (exact) mass is 269 g/mol. The molecule has 0 aromatic carbocycles. The van der Waals surface area contributed by atoms with Crippen molar-refractivity contribution in [2.75, 3.05) is 19.6 Å². The van der Waals surface area contributed by atoms with Gasteiger partial charge in [0.1, 0.15) is 0 Å². The molecule has 3 N–H and O–H groups in total. The van der Waals surface area contributed by atoms with E-state index in [9.17, 15) is 9.59 Å². The Bertz CT molecular complexity index is 325. The maximum atomic E-state index is 12.5. The maximum absolute atomic E-state index is 12.5. The van der Waals surface area contributed by atoms with Crippen LogP contribution in [0.1, 0.15) is 46.5 Å². The van der Waals surface area contributed by atoms with Crippen LogP contribution in [0.5, 0.6) is 0 Å². The van der Waals surface area contributed by atoms with E-state index in [0.717, 1.165) is 25.7 Å². The molecule has 1 unspecified atom stereocenters. The summed E-state index contributed by atoms with van der Waals surface area (Å²) in [5.41, 5.74) is 5.33. The Hall–Kier alpha value is -1.10. The molecule has 0 radical (unpaired) electrons. The van der Waals surface area contributed by atoms with Crippen molar-refractivity contribution in [3.8, 4) is 0 Å². The van der Waals surface area contributed by atoms with Gasteiger partial charge in [0, 0.05) is 13.1 Å². The number of nitrogens with zero attached hydrogens (tertiary/aromatic N) is 1. The van der Waals surface area contributed by atoms with E-state index >= 15 is 0 Å². The van der Waals surface area contributed by atoms with Gasteiger partial charge >= 0.3 is 0 Å². The van der Waals surface area contributed by atoms with Gasteiger partial charge in [-0.2, -0.15) is 0 Å². The summed E-state index contributed by atoms with van der Waals surface area (Å²) in [7, 11) is 0. The highest BCUT2D eigenvalue weighted by Gasteiger charge is 2.45. The van der Waals surface area contributed by atoms with Crippen molar-refractivity contribution in [2.24, 2.45) is 11.7 Å². The van der Waals surface area contributed by atoms with Crippen LogP contribution >= 0.6 is 0 Å². The number of nitrogens with two attached hydrogens (primary N) is 1. The van der Waals surface area contributed by atoms with Gasteiger partial charge in [0.25, 0.3) is 0 Å². The van der Waals surface area contributed by atoms with Gasteiger partial charge in [-0.1, -0.05) is 13.8 Å². The Kier molecular flexibility index (Phi) is 5.79. The Morgan fingerprint density at radius 1 is 1.32 bits per heavy atom. The fraction of sp³-hybridized carbons (Fsp3) is 0.857. The lowest BCUT2D eigenvalue weighted by atomic mass is 9.95. The van der Waals surface area contributed by atoms with Gasteiger partial charge in [-0.25, -0.2) is 0 Å². The molecule has 0 heterocycles. The smallest absolute Gasteiger partial charge is 0.243 e. The summed E-state index contributed by atoms with van der Waals surface area (Å²) < 4.78 is 0. The molecular formula is C14H27N3O2. The average molecular weight is 269 g/mol. The zero-order valence-corrected chi connectivity index (χ0v) is 12.4. The van der Waals surface area contributed by atoms with Gasteiger partial charge in [-0.15, -0.1) is 0 Å². The molecule has 1 aliphatic carbocycles. The fourth-order valence-electron chi connectivity index (χ4n) is 2.21. The van der Waals surface area contributed by atoms with Crippen molar-refractivity contribution in [2.45, 2.75) is 52.0 Å². The van der Waals surface area contributed by atoms with Crippen LogP contribution in [0.25, 0.3) is 0 Å². The molecule has 0 spiro atoms. The summed E-state index contributed by atoms with van der Waals surface area (Å²) in [5, 5.41) is 2.80. The molecule has 110 valence electrons. The third-order valence-corrected chi connectivity index (χ3v) is 3.57. The van der Waals surface area contributed by atoms with Crippen molar-refractivity contribution in [3.63, 3.8) is 0 Å². The molecular weight excluding hydrogens is 242 g/mol. The quantitative estimate of drug-likeness (QED) is 0.687. The highest BCUT2D eigenvalue weighted by molar-refractivity contribution is 5.90. The molecule has 5 nitrogen and oxygen atoms in total. The summed E-state index contributed by atoms with van der Waals surface area (Å²) in [6.45, 7) is 7.13. The number of amides is 2. The van der Waals surface area contributed by atoms with E-state index in [1.54, 1.807) is 11.8 Å². The SMILES string of the molecule is CCCNC(=O)CN(CCC)C(=O)C(C)(N)C1CC1. The van der Waals surface area contributed by atoms with E-state index in [1.165, 1.54) is 0 Å². The molecule has 19 heavy (non-hydrogen) atoms. The highest BCUT2D eigenvalue weighted by Crippen LogP contribution is 2.38. The molecule has 0 saturated heterocycles. The zero-order valence-electron chi connectivity index (χ0n) is 12.4. The Labute approximate surface area is 115 Å². The van der Waals surface area contributed by atoms with Gasteiger partial charge < -0.3 is 16.0 Å². The van der Waals surface area contributed by atoms with Crippen LogP contribution < -0.4 is 11.1 Å². The average Bonchev–Trinajstić information content (AvgIpc) is 3.19. The lowest BCUT2D eigenvalue weighted by Crippen LogP contribution is -2.56. The Morgan fingerprint density at radius 3 is 2.42 bits per heavy atom. The lowest BCUT2D eigenvalue weighted by molar-refractivity contribution is -0.140. The van der Waals surface area contributed by atoms with Crippen molar-refractivity contribution in [1.82, 2.24) is 10.2 Å². The van der Waals surface area contributed by atoms with E-state index in [0.29, 0.717) is 13.1 Å². The van der Waals surface area contributed by atoms with Crippen LogP contribution in [-0.4, -0.2) is 41.9 Å². The molecule has 0 aromatic heterocycles. The standard InChI is InChI=1S/C14H27N3O2/c1-4-8-16-12(18)10-17(9-5-2)13(19)14(3,15)11-6-7-11/h11H,4-10,15H2,1-3H3,(H,16,18). The summed E-state index contributed by atoms with van der Waals surface area (Å²) in [6, 6.07) is 0. The van der Waals surface area contributed by atoms with Gasteiger partial charge in [-0.3, -0.25) is 9.59 Å². The van der Waals surface area contributed by atoms with Crippen LogP contribution in [0.3, 0.4) is 0 Å². The molecule has 0 aliphatic heterocycles. The first kappa shape index (κ1) is 16.0. The first-order valence-corrected chi connectivity index (χ1v) is 7.28. The van der Waals surface area contributed by atoms with Crippen molar-refractivity contribution >= 4 is 11.8 Å². The second-order valence-corrected chi connectivity index (χ2v) is 5.63. The van der Waals surface area contributed by atoms with Crippen LogP contribution in [0.15, 0.2) is 0 Å². The maximum Gasteiger partial charge on any atom is 0.243 e. The van der Waals surface area contributed by atoms with E-state index in [2.05, 4.69) is 5.32 Å². The summed E-state index contributed by atoms with van der Waals surface area (Å²) in [6.07, 6.45) is 3.75. The third-order valence-electron chi connectivity index (χ3n) is 3.57. The number of hydrogen-bond donors (Lipinski definition) is 2. The molecule has 2 amide bonds. The lowest BCUT2D eigenvalue weighted by Gasteiger charge is -2.31. The van der Waals surface area contributed by atoms with Crippen LogP contribution in [0.2, 0.25) is 0 Å². The Morgan fingerprint density at radius 2 is 1.95 bits per heavy atom. The number of nitrogens with one attached hydrogen (secondary N) is 1. The number of carbonyl (C=O) groups excluding carboxylic acids is 2. The molecule has 1 fully saturated rings. The van der Waals surface area contributed by atoms with Crippen molar-refractivity contribution < 1.29 is 9.59 Å². The second kappa shape index (κ2) is 6.89. The third kappa shape index (κ3) is 4.49. The zero-order chi connectivity index (χ0) is 14.5. The van der Waals surface area contributed by atoms with Crippen molar-refractivity contribution in [3.05, 3.63) is 0 Å².